The Labute approximate surface area is 108 Å². The summed E-state index contributed by atoms with van der Waals surface area (Å²) in [6.07, 6.45) is 0.857. The highest BCUT2D eigenvalue weighted by molar-refractivity contribution is 5.82. The molecule has 2 aromatic carbocycles. The molecule has 2 aromatic rings. The van der Waals surface area contributed by atoms with Gasteiger partial charge in [0.2, 0.25) is 0 Å². The molecule has 0 radical (unpaired) electrons. The zero-order chi connectivity index (χ0) is 12.8. The third kappa shape index (κ3) is 2.69. The molecule has 1 nitrogen and oxygen atoms in total. The van der Waals surface area contributed by atoms with Crippen molar-refractivity contribution >= 4 is 5.57 Å². The van der Waals surface area contributed by atoms with E-state index in [-0.39, 0.29) is 6.61 Å². The van der Waals surface area contributed by atoms with Crippen molar-refractivity contribution in [2.75, 3.05) is 6.61 Å². The lowest BCUT2D eigenvalue weighted by atomic mass is 9.92. The summed E-state index contributed by atoms with van der Waals surface area (Å²) in [5.41, 5.74) is 4.55. The van der Waals surface area contributed by atoms with Crippen molar-refractivity contribution in [2.45, 2.75) is 13.3 Å². The minimum atomic E-state index is 0.107. The van der Waals surface area contributed by atoms with E-state index in [4.69, 9.17) is 0 Å². The van der Waals surface area contributed by atoms with Gasteiger partial charge >= 0.3 is 0 Å². The summed E-state index contributed by atoms with van der Waals surface area (Å²) in [5.74, 6) is 0. The Bertz CT molecular complexity index is 464. The van der Waals surface area contributed by atoms with Gasteiger partial charge in [0.1, 0.15) is 0 Å². The molecule has 0 saturated heterocycles. The van der Waals surface area contributed by atoms with Gasteiger partial charge in [-0.15, -0.1) is 0 Å². The van der Waals surface area contributed by atoms with Crippen molar-refractivity contribution in [2.24, 2.45) is 0 Å². The van der Waals surface area contributed by atoms with Crippen LogP contribution in [-0.4, -0.2) is 11.7 Å². The van der Waals surface area contributed by atoms with E-state index in [1.807, 2.05) is 36.4 Å². The van der Waals surface area contributed by atoms with Gasteiger partial charge in [0.15, 0.2) is 0 Å². The lowest BCUT2D eigenvalue weighted by molar-refractivity contribution is 0.328. The molecule has 0 amide bonds. The fourth-order valence-electron chi connectivity index (χ4n) is 2.15. The van der Waals surface area contributed by atoms with E-state index in [2.05, 4.69) is 31.2 Å². The maximum atomic E-state index is 9.56. The molecule has 0 aromatic heterocycles. The molecular formula is C17H18O. The molecule has 0 spiro atoms. The molecule has 0 heterocycles. The van der Waals surface area contributed by atoms with Crippen LogP contribution in [0.2, 0.25) is 0 Å². The predicted octanol–water partition coefficient (Wildman–Crippen LogP) is 3.89. The smallest absolute Gasteiger partial charge is 0.0650 e. The Morgan fingerprint density at radius 1 is 0.833 bits per heavy atom. The largest absolute Gasteiger partial charge is 0.392 e. The van der Waals surface area contributed by atoms with Crippen LogP contribution >= 0.6 is 0 Å². The summed E-state index contributed by atoms with van der Waals surface area (Å²) in [4.78, 5) is 0. The van der Waals surface area contributed by atoms with Crippen molar-refractivity contribution in [3.63, 3.8) is 0 Å². The van der Waals surface area contributed by atoms with E-state index in [9.17, 15) is 5.11 Å². The predicted molar refractivity (Wildman–Crippen MR) is 76.3 cm³/mol. The third-order valence-electron chi connectivity index (χ3n) is 3.10. The van der Waals surface area contributed by atoms with Gasteiger partial charge in [-0.3, -0.25) is 0 Å². The molecular weight excluding hydrogens is 220 g/mol. The van der Waals surface area contributed by atoms with Gasteiger partial charge in [-0.2, -0.15) is 0 Å². The van der Waals surface area contributed by atoms with Crippen molar-refractivity contribution in [1.29, 1.82) is 0 Å². The van der Waals surface area contributed by atoms with Crippen LogP contribution in [0, 0.1) is 0 Å². The van der Waals surface area contributed by atoms with E-state index in [1.165, 1.54) is 0 Å². The Morgan fingerprint density at radius 3 is 1.61 bits per heavy atom. The van der Waals surface area contributed by atoms with E-state index < -0.39 is 0 Å². The summed E-state index contributed by atoms with van der Waals surface area (Å²) < 4.78 is 0. The van der Waals surface area contributed by atoms with Gasteiger partial charge in [0.05, 0.1) is 6.61 Å². The molecule has 2 rings (SSSR count). The first kappa shape index (κ1) is 12.6. The third-order valence-corrected chi connectivity index (χ3v) is 3.10. The van der Waals surface area contributed by atoms with Gasteiger partial charge in [-0.1, -0.05) is 67.6 Å². The first-order chi connectivity index (χ1) is 8.86. The van der Waals surface area contributed by atoms with Crippen LogP contribution in [0.1, 0.15) is 24.5 Å². The number of hydrogen-bond donors (Lipinski definition) is 1. The van der Waals surface area contributed by atoms with Crippen LogP contribution in [0.5, 0.6) is 0 Å². The maximum Gasteiger partial charge on any atom is 0.0650 e. The minimum absolute atomic E-state index is 0.107. The van der Waals surface area contributed by atoms with E-state index in [0.29, 0.717) is 0 Å². The fourth-order valence-corrected chi connectivity index (χ4v) is 2.15. The molecule has 0 atom stereocenters. The quantitative estimate of drug-likeness (QED) is 0.856. The molecule has 0 unspecified atom stereocenters. The number of hydrogen-bond acceptors (Lipinski definition) is 1. The molecule has 0 saturated carbocycles. The molecule has 1 N–H and O–H groups in total. The summed E-state index contributed by atoms with van der Waals surface area (Å²) >= 11 is 0. The summed E-state index contributed by atoms with van der Waals surface area (Å²) in [5, 5.41) is 9.56. The highest BCUT2D eigenvalue weighted by Crippen LogP contribution is 2.27. The van der Waals surface area contributed by atoms with Crippen molar-refractivity contribution in [1.82, 2.24) is 0 Å². The van der Waals surface area contributed by atoms with Gasteiger partial charge in [0.25, 0.3) is 0 Å². The van der Waals surface area contributed by atoms with Crippen molar-refractivity contribution in [3.05, 3.63) is 77.4 Å². The van der Waals surface area contributed by atoms with Crippen molar-refractivity contribution in [3.8, 4) is 0 Å². The van der Waals surface area contributed by atoms with Crippen LogP contribution in [0.3, 0.4) is 0 Å². The second kappa shape index (κ2) is 6.18. The summed E-state index contributed by atoms with van der Waals surface area (Å²) in [7, 11) is 0. The number of aliphatic hydroxyl groups is 1. The lowest BCUT2D eigenvalue weighted by Crippen LogP contribution is -1.98. The fraction of sp³-hybridized carbons (Fsp3) is 0.176. The molecule has 0 aliphatic heterocycles. The second-order valence-corrected chi connectivity index (χ2v) is 4.22. The van der Waals surface area contributed by atoms with Gasteiger partial charge in [-0.25, -0.2) is 0 Å². The van der Waals surface area contributed by atoms with Crippen LogP contribution in [0.4, 0.5) is 0 Å². The Morgan fingerprint density at radius 2 is 1.28 bits per heavy atom. The Hall–Kier alpha value is -1.86. The molecule has 0 bridgehead atoms. The number of benzene rings is 2. The van der Waals surface area contributed by atoms with E-state index >= 15 is 0 Å². The molecule has 0 fully saturated rings. The maximum absolute atomic E-state index is 9.56. The normalized spacial score (nSPS) is 10.1. The first-order valence-electron chi connectivity index (χ1n) is 6.30. The SMILES string of the molecule is CCC(CO)=C(c1ccccc1)c1ccccc1. The average Bonchev–Trinajstić information content (AvgIpc) is 2.46. The Balaban J connectivity index is 2.59. The zero-order valence-electron chi connectivity index (χ0n) is 10.6. The van der Waals surface area contributed by atoms with Crippen molar-refractivity contribution < 1.29 is 5.11 Å². The zero-order valence-corrected chi connectivity index (χ0v) is 10.6. The molecule has 18 heavy (non-hydrogen) atoms. The van der Waals surface area contributed by atoms with Gasteiger partial charge < -0.3 is 5.11 Å². The summed E-state index contributed by atoms with van der Waals surface area (Å²) in [6, 6.07) is 20.5. The van der Waals surface area contributed by atoms with E-state index in [0.717, 1.165) is 28.7 Å². The average molecular weight is 238 g/mol. The molecule has 1 heteroatoms. The van der Waals surface area contributed by atoms with Crippen LogP contribution in [-0.2, 0) is 0 Å². The standard InChI is InChI=1S/C17H18O/c1-2-14(13-18)17(15-9-5-3-6-10-15)16-11-7-4-8-12-16/h3-12,18H,2,13H2,1H3. The highest BCUT2D eigenvalue weighted by atomic mass is 16.3. The van der Waals surface area contributed by atoms with Crippen LogP contribution in [0.25, 0.3) is 5.57 Å². The number of rotatable bonds is 4. The molecule has 0 aliphatic rings. The van der Waals surface area contributed by atoms with Gasteiger partial charge in [0, 0.05) is 0 Å². The minimum Gasteiger partial charge on any atom is -0.392 e. The molecule has 92 valence electrons. The number of aliphatic hydroxyl groups excluding tert-OH is 1. The first-order valence-corrected chi connectivity index (χ1v) is 6.30. The van der Waals surface area contributed by atoms with Crippen LogP contribution < -0.4 is 0 Å². The van der Waals surface area contributed by atoms with Gasteiger partial charge in [-0.05, 0) is 28.7 Å². The lowest BCUT2D eigenvalue weighted by Gasteiger charge is -2.13. The van der Waals surface area contributed by atoms with E-state index in [1.54, 1.807) is 0 Å². The van der Waals surface area contributed by atoms with Crippen LogP contribution in [0.15, 0.2) is 66.2 Å². The highest BCUT2D eigenvalue weighted by Gasteiger charge is 2.09. The monoisotopic (exact) mass is 238 g/mol. The molecule has 0 aliphatic carbocycles. The summed E-state index contributed by atoms with van der Waals surface area (Å²) in [6.45, 7) is 2.19. The topological polar surface area (TPSA) is 20.2 Å². The Kier molecular flexibility index (Phi) is 4.32. The second-order valence-electron chi connectivity index (χ2n) is 4.22.